The molecule has 5 heteroatoms. The molecule has 2 heterocycles. The molecule has 1 fully saturated rings. The first-order valence-corrected chi connectivity index (χ1v) is 8.04. The molecule has 128 valence electrons. The number of nitrogens with two attached hydrogens (primary N) is 1. The fourth-order valence-electron chi connectivity index (χ4n) is 2.88. The fourth-order valence-corrected chi connectivity index (χ4v) is 2.88. The highest BCUT2D eigenvalue weighted by Crippen LogP contribution is 2.29. The Labute approximate surface area is 146 Å². The number of rotatable bonds is 3. The van der Waals surface area contributed by atoms with Crippen molar-refractivity contribution in [2.24, 2.45) is 0 Å². The van der Waals surface area contributed by atoms with Crippen molar-refractivity contribution in [3.05, 3.63) is 70.5 Å². The van der Waals surface area contributed by atoms with Gasteiger partial charge in [-0.3, -0.25) is 9.59 Å². The minimum atomic E-state index is -0.326. The van der Waals surface area contributed by atoms with E-state index < -0.39 is 0 Å². The minimum Gasteiger partial charge on any atom is -0.460 e. The topological polar surface area (TPSA) is 81.4 Å². The number of ketones is 1. The molecule has 2 aliphatic heterocycles. The fraction of sp³-hybridized carbons (Fsp3) is 0.200. The van der Waals surface area contributed by atoms with E-state index >= 15 is 0 Å². The average Bonchev–Trinajstić information content (AvgIpc) is 2.90. The summed E-state index contributed by atoms with van der Waals surface area (Å²) in [6, 6.07) is 7.63. The van der Waals surface area contributed by atoms with Crippen LogP contribution in [0.1, 0.15) is 18.9 Å². The molecular formula is C20H20N2O3. The van der Waals surface area contributed by atoms with E-state index in [0.717, 1.165) is 22.4 Å². The van der Waals surface area contributed by atoms with Crippen LogP contribution in [0.5, 0.6) is 0 Å². The van der Waals surface area contributed by atoms with Gasteiger partial charge >= 0.3 is 5.97 Å². The third kappa shape index (κ3) is 3.55. The Morgan fingerprint density at radius 3 is 2.80 bits per heavy atom. The molecule has 5 nitrogen and oxygen atoms in total. The van der Waals surface area contributed by atoms with Crippen LogP contribution in [-0.2, 0) is 14.3 Å². The number of carbonyl (C=O) groups excluding carboxylic acids is 2. The molecule has 1 aromatic carbocycles. The van der Waals surface area contributed by atoms with E-state index in [4.69, 9.17) is 10.5 Å². The summed E-state index contributed by atoms with van der Waals surface area (Å²) in [6.45, 7) is 6.26. The Morgan fingerprint density at radius 1 is 1.32 bits per heavy atom. The molecule has 0 atom stereocenters. The maximum atomic E-state index is 11.8. The predicted molar refractivity (Wildman–Crippen MR) is 97.3 cm³/mol. The van der Waals surface area contributed by atoms with Gasteiger partial charge in [-0.2, -0.15) is 0 Å². The summed E-state index contributed by atoms with van der Waals surface area (Å²) < 4.78 is 4.97. The number of esters is 1. The molecule has 0 bridgehead atoms. The van der Waals surface area contributed by atoms with E-state index in [1.54, 1.807) is 0 Å². The predicted octanol–water partition coefficient (Wildman–Crippen LogP) is 2.53. The van der Waals surface area contributed by atoms with Gasteiger partial charge in [0.15, 0.2) is 5.78 Å². The van der Waals surface area contributed by atoms with Crippen molar-refractivity contribution in [1.82, 2.24) is 5.32 Å². The first kappa shape index (κ1) is 16.8. The van der Waals surface area contributed by atoms with Crippen LogP contribution in [-0.4, -0.2) is 24.9 Å². The maximum absolute atomic E-state index is 11.8. The van der Waals surface area contributed by atoms with Gasteiger partial charge in [-0.1, -0.05) is 24.8 Å². The number of hydrogen-bond acceptors (Lipinski definition) is 5. The molecule has 0 amide bonds. The third-order valence-electron chi connectivity index (χ3n) is 4.35. The standard InChI is InChI=1S/C20H20N2O3/c1-12-16(7-14-5-3-4-6-18(14)21)10-22-19(12)8-15-9-20(24)25-11-17(15)13(2)23/h3-8,22H,1,9-11,21H2,2H3/b16-7-,19-8-. The maximum Gasteiger partial charge on any atom is 0.310 e. The molecular weight excluding hydrogens is 316 g/mol. The van der Waals surface area contributed by atoms with Crippen LogP contribution in [0.3, 0.4) is 0 Å². The Kier molecular flexibility index (Phi) is 4.57. The summed E-state index contributed by atoms with van der Waals surface area (Å²) in [4.78, 5) is 23.3. The van der Waals surface area contributed by atoms with Gasteiger partial charge in [-0.15, -0.1) is 0 Å². The van der Waals surface area contributed by atoms with Crippen molar-refractivity contribution < 1.29 is 14.3 Å². The number of hydrogen-bond donors (Lipinski definition) is 2. The van der Waals surface area contributed by atoms with Crippen molar-refractivity contribution in [3.63, 3.8) is 0 Å². The number of nitrogens with one attached hydrogen (secondary N) is 1. The number of ether oxygens (including phenoxy) is 1. The molecule has 2 aliphatic rings. The quantitative estimate of drug-likeness (QED) is 0.655. The summed E-state index contributed by atoms with van der Waals surface area (Å²) in [5.41, 5.74) is 11.5. The third-order valence-corrected chi connectivity index (χ3v) is 4.35. The van der Waals surface area contributed by atoms with E-state index in [2.05, 4.69) is 11.9 Å². The first-order chi connectivity index (χ1) is 12.0. The van der Waals surface area contributed by atoms with Crippen LogP contribution in [0.2, 0.25) is 0 Å². The second-order valence-corrected chi connectivity index (χ2v) is 6.09. The zero-order valence-corrected chi connectivity index (χ0v) is 14.1. The molecule has 1 aromatic rings. The second kappa shape index (κ2) is 6.81. The van der Waals surface area contributed by atoms with Gasteiger partial charge in [0.2, 0.25) is 0 Å². The van der Waals surface area contributed by atoms with Crippen LogP contribution < -0.4 is 11.1 Å². The van der Waals surface area contributed by atoms with E-state index in [0.29, 0.717) is 23.4 Å². The molecule has 0 radical (unpaired) electrons. The highest BCUT2D eigenvalue weighted by Gasteiger charge is 2.24. The zero-order valence-electron chi connectivity index (χ0n) is 14.1. The second-order valence-electron chi connectivity index (χ2n) is 6.09. The van der Waals surface area contributed by atoms with Gasteiger partial charge in [0, 0.05) is 23.5 Å². The number of Topliss-reactive ketones (excluding diaryl/α,β-unsaturated/α-hetero) is 1. The van der Waals surface area contributed by atoms with E-state index in [9.17, 15) is 9.59 Å². The normalized spacial score (nSPS) is 20.8. The average molecular weight is 336 g/mol. The SMILES string of the molecule is C=C1/C(=C/C2=C(C(C)=O)COC(=O)C2)NC/C1=C/c1ccccc1N. The minimum absolute atomic E-state index is 0.0308. The number of allylic oxidation sites excluding steroid dienone is 2. The molecule has 25 heavy (non-hydrogen) atoms. The molecule has 0 aliphatic carbocycles. The smallest absolute Gasteiger partial charge is 0.310 e. The summed E-state index contributed by atoms with van der Waals surface area (Å²) >= 11 is 0. The molecule has 1 saturated heterocycles. The van der Waals surface area contributed by atoms with Crippen molar-refractivity contribution in [3.8, 4) is 0 Å². The van der Waals surface area contributed by atoms with E-state index in [-0.39, 0.29) is 24.8 Å². The molecule has 0 saturated carbocycles. The van der Waals surface area contributed by atoms with Gasteiger partial charge in [-0.05, 0) is 47.4 Å². The van der Waals surface area contributed by atoms with Gasteiger partial charge in [0.25, 0.3) is 0 Å². The van der Waals surface area contributed by atoms with E-state index in [1.165, 1.54) is 6.92 Å². The first-order valence-electron chi connectivity index (χ1n) is 8.04. The summed E-state index contributed by atoms with van der Waals surface area (Å²) in [6.07, 6.45) is 3.92. The number of nitrogen functional groups attached to an aromatic ring is 1. The van der Waals surface area contributed by atoms with Crippen molar-refractivity contribution in [1.29, 1.82) is 0 Å². The molecule has 0 spiro atoms. The van der Waals surface area contributed by atoms with Crippen molar-refractivity contribution in [2.45, 2.75) is 13.3 Å². The lowest BCUT2D eigenvalue weighted by molar-refractivity contribution is -0.143. The zero-order chi connectivity index (χ0) is 18.0. The van der Waals surface area contributed by atoms with Gasteiger partial charge in [0.05, 0.1) is 6.42 Å². The van der Waals surface area contributed by atoms with Crippen LogP contribution >= 0.6 is 0 Å². The number of anilines is 1. The Hall–Kier alpha value is -3.08. The number of carbonyl (C=O) groups is 2. The number of para-hydroxylation sites is 1. The van der Waals surface area contributed by atoms with Gasteiger partial charge in [-0.25, -0.2) is 0 Å². The summed E-state index contributed by atoms with van der Waals surface area (Å²) in [5, 5.41) is 3.27. The van der Waals surface area contributed by atoms with Crippen LogP contribution in [0, 0.1) is 0 Å². The number of benzene rings is 1. The van der Waals surface area contributed by atoms with Crippen LogP contribution in [0.15, 0.2) is 64.9 Å². The lowest BCUT2D eigenvalue weighted by Crippen LogP contribution is -2.20. The Balaban J connectivity index is 1.91. The van der Waals surface area contributed by atoms with Crippen molar-refractivity contribution in [2.75, 3.05) is 18.9 Å². The monoisotopic (exact) mass is 336 g/mol. The largest absolute Gasteiger partial charge is 0.460 e. The lowest BCUT2D eigenvalue weighted by atomic mass is 9.97. The number of cyclic esters (lactones) is 1. The van der Waals surface area contributed by atoms with Gasteiger partial charge < -0.3 is 15.8 Å². The Morgan fingerprint density at radius 2 is 2.08 bits per heavy atom. The lowest BCUT2D eigenvalue weighted by Gasteiger charge is -2.17. The molecule has 0 unspecified atom stereocenters. The summed E-state index contributed by atoms with van der Waals surface area (Å²) in [5.74, 6) is -0.413. The summed E-state index contributed by atoms with van der Waals surface area (Å²) in [7, 11) is 0. The highest BCUT2D eigenvalue weighted by molar-refractivity contribution is 5.97. The van der Waals surface area contributed by atoms with Crippen LogP contribution in [0.4, 0.5) is 5.69 Å². The molecule has 3 N–H and O–H groups in total. The molecule has 3 rings (SSSR count). The van der Waals surface area contributed by atoms with Crippen molar-refractivity contribution >= 4 is 23.5 Å². The van der Waals surface area contributed by atoms with E-state index in [1.807, 2.05) is 36.4 Å². The molecule has 0 aromatic heterocycles. The van der Waals surface area contributed by atoms with Crippen LogP contribution in [0.25, 0.3) is 6.08 Å². The highest BCUT2D eigenvalue weighted by atomic mass is 16.5. The Bertz CT molecular complexity index is 859. The van der Waals surface area contributed by atoms with Gasteiger partial charge in [0.1, 0.15) is 6.61 Å².